The Bertz CT molecular complexity index is 382. The number of halogens is 2. The highest BCUT2D eigenvalue weighted by molar-refractivity contribution is 9.10. The third-order valence-electron chi connectivity index (χ3n) is 3.03. The summed E-state index contributed by atoms with van der Waals surface area (Å²) in [5, 5.41) is 0. The molecule has 0 N–H and O–H groups in total. The van der Waals surface area contributed by atoms with Crippen LogP contribution in [0.1, 0.15) is 19.4 Å². The monoisotopic (exact) mass is 316 g/mol. The van der Waals surface area contributed by atoms with Gasteiger partial charge in [0.05, 0.1) is 4.47 Å². The predicted octanol–water partition coefficient (Wildman–Crippen LogP) is 3.36. The van der Waals surface area contributed by atoms with Crippen molar-refractivity contribution in [1.29, 1.82) is 0 Å². The third kappa shape index (κ3) is 4.67. The highest BCUT2D eigenvalue weighted by Gasteiger charge is 2.13. The Morgan fingerprint density at radius 2 is 2.00 bits per heavy atom. The van der Waals surface area contributed by atoms with Crippen molar-refractivity contribution in [1.82, 2.24) is 9.80 Å². The minimum absolute atomic E-state index is 0.205. The van der Waals surface area contributed by atoms with Gasteiger partial charge in [-0.05, 0) is 61.2 Å². The molecule has 0 aliphatic carbocycles. The average Bonchev–Trinajstić information content (AvgIpc) is 2.29. The van der Waals surface area contributed by atoms with E-state index < -0.39 is 0 Å². The highest BCUT2D eigenvalue weighted by atomic mass is 79.9. The molecule has 0 bridgehead atoms. The first kappa shape index (κ1) is 15.6. The minimum atomic E-state index is -0.205. The van der Waals surface area contributed by atoms with Gasteiger partial charge in [0.2, 0.25) is 0 Å². The van der Waals surface area contributed by atoms with Crippen LogP contribution in [0, 0.1) is 5.82 Å². The van der Waals surface area contributed by atoms with Crippen molar-refractivity contribution in [2.75, 3.05) is 27.2 Å². The maximum Gasteiger partial charge on any atom is 0.137 e. The van der Waals surface area contributed by atoms with Gasteiger partial charge in [-0.3, -0.25) is 4.90 Å². The molecule has 0 heterocycles. The Morgan fingerprint density at radius 3 is 2.50 bits per heavy atom. The normalized spacial score (nSPS) is 13.3. The summed E-state index contributed by atoms with van der Waals surface area (Å²) in [6.07, 6.45) is 0. The highest BCUT2D eigenvalue weighted by Crippen LogP contribution is 2.18. The number of hydrogen-bond donors (Lipinski definition) is 0. The summed E-state index contributed by atoms with van der Waals surface area (Å²) < 4.78 is 13.7. The van der Waals surface area contributed by atoms with E-state index in [0.717, 1.165) is 25.2 Å². The first-order chi connectivity index (χ1) is 8.43. The molecule has 1 atom stereocenters. The summed E-state index contributed by atoms with van der Waals surface area (Å²) in [5.41, 5.74) is 1.13. The van der Waals surface area contributed by atoms with E-state index in [0.29, 0.717) is 10.5 Å². The van der Waals surface area contributed by atoms with Crippen LogP contribution in [0.25, 0.3) is 0 Å². The van der Waals surface area contributed by atoms with Gasteiger partial charge in [0, 0.05) is 19.1 Å². The molecule has 0 radical (unpaired) electrons. The van der Waals surface area contributed by atoms with Gasteiger partial charge < -0.3 is 4.90 Å². The average molecular weight is 317 g/mol. The Hall–Kier alpha value is -0.450. The SMILES string of the molecule is CCN(Cc1ccc(F)c(Br)c1)C(C)CN(C)C. The van der Waals surface area contributed by atoms with E-state index in [1.54, 1.807) is 0 Å². The zero-order valence-corrected chi connectivity index (χ0v) is 13.2. The molecule has 1 aromatic rings. The standard InChI is InChI=1S/C14H22BrFN2/c1-5-18(11(2)9-17(3)4)10-12-6-7-14(16)13(15)8-12/h6-8,11H,5,9-10H2,1-4H3. The topological polar surface area (TPSA) is 6.48 Å². The first-order valence-corrected chi connectivity index (χ1v) is 7.06. The molecule has 1 aromatic carbocycles. The van der Waals surface area contributed by atoms with Gasteiger partial charge in [0.25, 0.3) is 0 Å². The molecule has 2 nitrogen and oxygen atoms in total. The van der Waals surface area contributed by atoms with Crippen molar-refractivity contribution >= 4 is 15.9 Å². The van der Waals surface area contributed by atoms with Crippen LogP contribution in [0.3, 0.4) is 0 Å². The molecular formula is C14H22BrFN2. The Balaban J connectivity index is 2.70. The summed E-state index contributed by atoms with van der Waals surface area (Å²) in [5.74, 6) is -0.205. The zero-order valence-electron chi connectivity index (χ0n) is 11.6. The molecule has 1 rings (SSSR count). The lowest BCUT2D eigenvalue weighted by Crippen LogP contribution is -2.39. The van der Waals surface area contributed by atoms with E-state index in [-0.39, 0.29) is 5.82 Å². The van der Waals surface area contributed by atoms with Crippen molar-refractivity contribution in [3.05, 3.63) is 34.1 Å². The second-order valence-corrected chi connectivity index (χ2v) is 5.78. The summed E-state index contributed by atoms with van der Waals surface area (Å²) in [7, 11) is 4.16. The molecule has 0 spiro atoms. The van der Waals surface area contributed by atoms with Crippen LogP contribution in [-0.2, 0) is 6.54 Å². The number of nitrogens with zero attached hydrogens (tertiary/aromatic N) is 2. The largest absolute Gasteiger partial charge is 0.308 e. The maximum absolute atomic E-state index is 13.2. The summed E-state index contributed by atoms with van der Waals surface area (Å²) in [6, 6.07) is 5.71. The van der Waals surface area contributed by atoms with E-state index in [4.69, 9.17) is 0 Å². The van der Waals surface area contributed by atoms with Crippen LogP contribution in [0.5, 0.6) is 0 Å². The van der Waals surface area contributed by atoms with E-state index in [1.165, 1.54) is 6.07 Å². The molecule has 0 amide bonds. The molecule has 0 aliphatic heterocycles. The maximum atomic E-state index is 13.2. The first-order valence-electron chi connectivity index (χ1n) is 6.26. The second kappa shape index (κ2) is 7.22. The quantitative estimate of drug-likeness (QED) is 0.794. The van der Waals surface area contributed by atoms with Crippen LogP contribution in [0.2, 0.25) is 0 Å². The number of benzene rings is 1. The molecule has 102 valence electrons. The Kier molecular flexibility index (Phi) is 6.26. The Labute approximate surface area is 118 Å². The Morgan fingerprint density at radius 1 is 1.33 bits per heavy atom. The lowest BCUT2D eigenvalue weighted by Gasteiger charge is -2.30. The number of rotatable bonds is 6. The van der Waals surface area contributed by atoms with Gasteiger partial charge >= 0.3 is 0 Å². The van der Waals surface area contributed by atoms with Gasteiger partial charge in [0.1, 0.15) is 5.82 Å². The van der Waals surface area contributed by atoms with Crippen molar-refractivity contribution in [2.24, 2.45) is 0 Å². The molecule has 4 heteroatoms. The summed E-state index contributed by atoms with van der Waals surface area (Å²) in [6.45, 7) is 7.25. The van der Waals surface area contributed by atoms with E-state index in [1.807, 2.05) is 12.1 Å². The van der Waals surface area contributed by atoms with Gasteiger partial charge in [-0.1, -0.05) is 13.0 Å². The van der Waals surface area contributed by atoms with E-state index in [2.05, 4.69) is 53.7 Å². The van der Waals surface area contributed by atoms with Crippen LogP contribution >= 0.6 is 15.9 Å². The number of likely N-dealkylation sites (N-methyl/N-ethyl adjacent to an activating group) is 2. The predicted molar refractivity (Wildman–Crippen MR) is 78.2 cm³/mol. The van der Waals surface area contributed by atoms with Gasteiger partial charge in [-0.25, -0.2) is 4.39 Å². The zero-order chi connectivity index (χ0) is 13.7. The molecule has 0 fully saturated rings. The van der Waals surface area contributed by atoms with Crippen molar-refractivity contribution < 1.29 is 4.39 Å². The molecule has 0 saturated heterocycles. The van der Waals surface area contributed by atoms with Gasteiger partial charge in [-0.2, -0.15) is 0 Å². The lowest BCUT2D eigenvalue weighted by atomic mass is 10.1. The molecular weight excluding hydrogens is 295 g/mol. The fraction of sp³-hybridized carbons (Fsp3) is 0.571. The summed E-state index contributed by atoms with van der Waals surface area (Å²) >= 11 is 3.23. The van der Waals surface area contributed by atoms with Gasteiger partial charge in [0.15, 0.2) is 0 Å². The third-order valence-corrected chi connectivity index (χ3v) is 3.64. The van der Waals surface area contributed by atoms with Gasteiger partial charge in [-0.15, -0.1) is 0 Å². The fourth-order valence-corrected chi connectivity index (χ4v) is 2.52. The smallest absolute Gasteiger partial charge is 0.137 e. The van der Waals surface area contributed by atoms with E-state index in [9.17, 15) is 4.39 Å². The van der Waals surface area contributed by atoms with Crippen LogP contribution in [0.4, 0.5) is 4.39 Å². The molecule has 0 aliphatic rings. The molecule has 0 aromatic heterocycles. The summed E-state index contributed by atoms with van der Waals surface area (Å²) in [4.78, 5) is 4.58. The van der Waals surface area contributed by atoms with E-state index >= 15 is 0 Å². The lowest BCUT2D eigenvalue weighted by molar-refractivity contribution is 0.174. The minimum Gasteiger partial charge on any atom is -0.308 e. The van der Waals surface area contributed by atoms with Crippen molar-refractivity contribution in [3.63, 3.8) is 0 Å². The second-order valence-electron chi connectivity index (χ2n) is 4.92. The fourth-order valence-electron chi connectivity index (χ4n) is 2.10. The van der Waals surface area contributed by atoms with Crippen LogP contribution in [-0.4, -0.2) is 43.0 Å². The molecule has 1 unspecified atom stereocenters. The molecule has 18 heavy (non-hydrogen) atoms. The number of hydrogen-bond acceptors (Lipinski definition) is 2. The molecule has 0 saturated carbocycles. The van der Waals surface area contributed by atoms with Crippen LogP contribution < -0.4 is 0 Å². The van der Waals surface area contributed by atoms with Crippen molar-refractivity contribution in [3.8, 4) is 0 Å². The van der Waals surface area contributed by atoms with Crippen molar-refractivity contribution in [2.45, 2.75) is 26.4 Å². The van der Waals surface area contributed by atoms with Crippen LogP contribution in [0.15, 0.2) is 22.7 Å².